The summed E-state index contributed by atoms with van der Waals surface area (Å²) in [7, 11) is 0. The Morgan fingerprint density at radius 2 is 1.95 bits per heavy atom. The molecular formula is C15H20N2O2. The fourth-order valence-electron chi connectivity index (χ4n) is 4.19. The van der Waals surface area contributed by atoms with E-state index in [1.54, 1.807) is 12.1 Å². The lowest BCUT2D eigenvalue weighted by molar-refractivity contribution is 0.0648. The van der Waals surface area contributed by atoms with Gasteiger partial charge in [0.1, 0.15) is 18.1 Å². The van der Waals surface area contributed by atoms with E-state index in [2.05, 4.69) is 4.90 Å². The van der Waals surface area contributed by atoms with Crippen molar-refractivity contribution in [2.24, 2.45) is 5.73 Å². The summed E-state index contributed by atoms with van der Waals surface area (Å²) in [6, 6.07) is 7.45. The molecule has 3 N–H and O–H groups in total. The number of aromatic hydroxyl groups is 1. The predicted molar refractivity (Wildman–Crippen MR) is 72.2 cm³/mol. The van der Waals surface area contributed by atoms with E-state index in [0.717, 1.165) is 18.6 Å². The molecular weight excluding hydrogens is 240 g/mol. The topological polar surface area (TPSA) is 58.7 Å². The first-order valence-corrected chi connectivity index (χ1v) is 7.21. The molecule has 1 aromatic rings. The molecule has 3 atom stereocenters. The van der Waals surface area contributed by atoms with Crippen LogP contribution < -0.4 is 10.5 Å². The van der Waals surface area contributed by atoms with Gasteiger partial charge in [0.15, 0.2) is 0 Å². The Morgan fingerprint density at radius 1 is 1.21 bits per heavy atom. The number of rotatable bonds is 1. The first-order chi connectivity index (χ1) is 9.22. The fourth-order valence-corrected chi connectivity index (χ4v) is 4.19. The molecule has 3 aliphatic rings. The maximum absolute atomic E-state index is 9.53. The third-order valence-corrected chi connectivity index (χ3v) is 4.94. The number of nitrogens with zero attached hydrogens (tertiary/aromatic N) is 1. The van der Waals surface area contributed by atoms with Gasteiger partial charge in [-0.25, -0.2) is 0 Å². The molecule has 0 aliphatic carbocycles. The first-order valence-electron chi connectivity index (χ1n) is 7.21. The average Bonchev–Trinajstić information content (AvgIpc) is 2.88. The molecule has 19 heavy (non-hydrogen) atoms. The van der Waals surface area contributed by atoms with Gasteiger partial charge < -0.3 is 15.6 Å². The van der Waals surface area contributed by atoms with Crippen LogP contribution in [-0.2, 0) is 0 Å². The number of phenols is 1. The number of hydrogen-bond donors (Lipinski definition) is 2. The van der Waals surface area contributed by atoms with Gasteiger partial charge in [0.05, 0.1) is 6.04 Å². The maximum Gasteiger partial charge on any atom is 0.128 e. The van der Waals surface area contributed by atoms with Crippen LogP contribution in [0.5, 0.6) is 11.5 Å². The Bertz CT molecular complexity index is 491. The quantitative estimate of drug-likeness (QED) is 0.808. The SMILES string of the molecule is NC1CC2CCC(C1)N2C1COc2cc(O)ccc21. The van der Waals surface area contributed by atoms with Crippen molar-refractivity contribution >= 4 is 0 Å². The van der Waals surface area contributed by atoms with Crippen molar-refractivity contribution in [3.8, 4) is 11.5 Å². The normalized spacial score (nSPS) is 37.1. The highest BCUT2D eigenvalue weighted by atomic mass is 16.5. The van der Waals surface area contributed by atoms with E-state index in [-0.39, 0.29) is 5.75 Å². The fraction of sp³-hybridized carbons (Fsp3) is 0.600. The van der Waals surface area contributed by atoms with E-state index < -0.39 is 0 Å². The van der Waals surface area contributed by atoms with E-state index in [4.69, 9.17) is 10.5 Å². The molecule has 4 rings (SSSR count). The van der Waals surface area contributed by atoms with Crippen molar-refractivity contribution in [2.45, 2.75) is 49.9 Å². The summed E-state index contributed by atoms with van der Waals surface area (Å²) < 4.78 is 5.76. The molecule has 4 heteroatoms. The summed E-state index contributed by atoms with van der Waals surface area (Å²) in [6.07, 6.45) is 4.76. The van der Waals surface area contributed by atoms with Crippen LogP contribution in [0.1, 0.15) is 37.3 Å². The molecule has 3 aliphatic heterocycles. The van der Waals surface area contributed by atoms with Crippen LogP contribution >= 0.6 is 0 Å². The van der Waals surface area contributed by atoms with Gasteiger partial charge in [0, 0.05) is 29.8 Å². The van der Waals surface area contributed by atoms with Crippen molar-refractivity contribution in [1.29, 1.82) is 0 Å². The molecule has 3 unspecified atom stereocenters. The monoisotopic (exact) mass is 260 g/mol. The average molecular weight is 260 g/mol. The molecule has 0 spiro atoms. The highest BCUT2D eigenvalue weighted by molar-refractivity contribution is 5.44. The van der Waals surface area contributed by atoms with Gasteiger partial charge in [0.2, 0.25) is 0 Å². The molecule has 0 saturated carbocycles. The lowest BCUT2D eigenvalue weighted by atomic mass is 9.94. The summed E-state index contributed by atoms with van der Waals surface area (Å²) in [5.74, 6) is 1.13. The number of hydrogen-bond acceptors (Lipinski definition) is 4. The standard InChI is InChI=1S/C15H20N2O2/c16-9-5-10-1-2-11(6-9)17(10)14-8-19-15-7-12(18)3-4-13(14)15/h3-4,7,9-11,14,18H,1-2,5-6,8,16H2. The highest BCUT2D eigenvalue weighted by Crippen LogP contribution is 2.46. The second-order valence-corrected chi connectivity index (χ2v) is 6.11. The number of ether oxygens (including phenoxy) is 1. The van der Waals surface area contributed by atoms with E-state index in [9.17, 15) is 5.11 Å². The number of piperidine rings is 1. The van der Waals surface area contributed by atoms with Crippen LogP contribution in [-0.4, -0.2) is 34.7 Å². The summed E-state index contributed by atoms with van der Waals surface area (Å²) >= 11 is 0. The van der Waals surface area contributed by atoms with Crippen molar-refractivity contribution in [3.63, 3.8) is 0 Å². The minimum Gasteiger partial charge on any atom is -0.508 e. The Morgan fingerprint density at radius 3 is 2.68 bits per heavy atom. The van der Waals surface area contributed by atoms with Gasteiger partial charge in [-0.1, -0.05) is 0 Å². The van der Waals surface area contributed by atoms with Gasteiger partial charge in [-0.05, 0) is 37.8 Å². The minimum absolute atomic E-state index is 0.281. The summed E-state index contributed by atoms with van der Waals surface area (Å²) in [5.41, 5.74) is 7.37. The lowest BCUT2D eigenvalue weighted by Crippen LogP contribution is -2.49. The number of fused-ring (bicyclic) bond motifs is 3. The zero-order valence-electron chi connectivity index (χ0n) is 11.0. The lowest BCUT2D eigenvalue weighted by Gasteiger charge is -2.41. The molecule has 2 saturated heterocycles. The van der Waals surface area contributed by atoms with Crippen molar-refractivity contribution in [3.05, 3.63) is 23.8 Å². The number of phenolic OH excluding ortho intramolecular Hbond substituents is 1. The van der Waals surface area contributed by atoms with Crippen LogP contribution in [0.3, 0.4) is 0 Å². The second-order valence-electron chi connectivity index (χ2n) is 6.11. The van der Waals surface area contributed by atoms with Crippen molar-refractivity contribution in [1.82, 2.24) is 4.90 Å². The van der Waals surface area contributed by atoms with Crippen molar-refractivity contribution in [2.75, 3.05) is 6.61 Å². The predicted octanol–water partition coefficient (Wildman–Crippen LogP) is 1.78. The Kier molecular flexibility index (Phi) is 2.50. The Labute approximate surface area is 113 Å². The van der Waals surface area contributed by atoms with Crippen LogP contribution in [0.4, 0.5) is 0 Å². The van der Waals surface area contributed by atoms with Gasteiger partial charge >= 0.3 is 0 Å². The molecule has 0 radical (unpaired) electrons. The zero-order chi connectivity index (χ0) is 13.0. The van der Waals surface area contributed by atoms with E-state index in [1.165, 1.54) is 18.4 Å². The third kappa shape index (κ3) is 1.74. The van der Waals surface area contributed by atoms with Crippen LogP contribution in [0, 0.1) is 0 Å². The molecule has 2 bridgehead atoms. The minimum atomic E-state index is 0.281. The van der Waals surface area contributed by atoms with Crippen LogP contribution in [0.15, 0.2) is 18.2 Å². The molecule has 4 nitrogen and oxygen atoms in total. The Balaban J connectivity index is 1.66. The molecule has 0 amide bonds. The summed E-state index contributed by atoms with van der Waals surface area (Å²) in [6.45, 7) is 0.709. The summed E-state index contributed by atoms with van der Waals surface area (Å²) in [4.78, 5) is 2.63. The molecule has 2 fully saturated rings. The van der Waals surface area contributed by atoms with E-state index in [0.29, 0.717) is 30.8 Å². The van der Waals surface area contributed by atoms with E-state index >= 15 is 0 Å². The molecule has 102 valence electrons. The van der Waals surface area contributed by atoms with Gasteiger partial charge in [0.25, 0.3) is 0 Å². The number of nitrogens with two attached hydrogens (primary N) is 1. The second kappa shape index (κ2) is 4.12. The van der Waals surface area contributed by atoms with Crippen LogP contribution in [0.25, 0.3) is 0 Å². The van der Waals surface area contributed by atoms with E-state index in [1.807, 2.05) is 6.07 Å². The largest absolute Gasteiger partial charge is 0.508 e. The van der Waals surface area contributed by atoms with Crippen molar-refractivity contribution < 1.29 is 9.84 Å². The first kappa shape index (κ1) is 11.6. The third-order valence-electron chi connectivity index (χ3n) is 4.94. The zero-order valence-corrected chi connectivity index (χ0v) is 11.0. The molecule has 1 aromatic carbocycles. The van der Waals surface area contributed by atoms with Gasteiger partial charge in [-0.15, -0.1) is 0 Å². The molecule has 3 heterocycles. The smallest absolute Gasteiger partial charge is 0.128 e. The summed E-state index contributed by atoms with van der Waals surface area (Å²) in [5, 5.41) is 9.53. The maximum atomic E-state index is 9.53. The number of benzene rings is 1. The highest BCUT2D eigenvalue weighted by Gasteiger charge is 2.45. The van der Waals surface area contributed by atoms with Gasteiger partial charge in [-0.3, -0.25) is 4.90 Å². The molecule has 0 aromatic heterocycles. The van der Waals surface area contributed by atoms with Crippen LogP contribution in [0.2, 0.25) is 0 Å². The Hall–Kier alpha value is -1.26. The van der Waals surface area contributed by atoms with Gasteiger partial charge in [-0.2, -0.15) is 0 Å².